The fourth-order valence-electron chi connectivity index (χ4n) is 4.79. The monoisotopic (exact) mass is 459 g/mol. The molecule has 32 heavy (non-hydrogen) atoms. The van der Waals surface area contributed by atoms with Crippen molar-refractivity contribution in [1.29, 1.82) is 0 Å². The molecule has 2 aromatic carbocycles. The minimum atomic E-state index is -2.88. The highest BCUT2D eigenvalue weighted by molar-refractivity contribution is 6.72. The molecular weight excluding hydrogens is 425 g/mol. The predicted molar refractivity (Wildman–Crippen MR) is 128 cm³/mol. The van der Waals surface area contributed by atoms with Gasteiger partial charge in [-0.25, -0.2) is 0 Å². The second-order valence-electron chi connectivity index (χ2n) is 9.09. The lowest BCUT2D eigenvalue weighted by molar-refractivity contribution is 0.0193. The third-order valence-electron chi connectivity index (χ3n) is 6.39. The first-order chi connectivity index (χ1) is 15.2. The number of hydrogen-bond acceptors (Lipinski definition) is 4. The maximum absolute atomic E-state index is 14.9. The van der Waals surface area contributed by atoms with Gasteiger partial charge in [0, 0.05) is 23.4 Å². The van der Waals surface area contributed by atoms with E-state index < -0.39 is 8.41 Å². The lowest BCUT2D eigenvalue weighted by Gasteiger charge is -2.28. The molecule has 1 aliphatic rings. The molecule has 174 valence electrons. The van der Waals surface area contributed by atoms with E-state index in [2.05, 4.69) is 12.2 Å². The van der Waals surface area contributed by atoms with Crippen LogP contribution >= 0.6 is 0 Å². The summed E-state index contributed by atoms with van der Waals surface area (Å²) in [7, 11) is -1.29. The smallest absolute Gasteiger partial charge is 0.255 e. The van der Waals surface area contributed by atoms with Gasteiger partial charge in [0.25, 0.3) is 5.91 Å². The third kappa shape index (κ3) is 5.97. The highest BCUT2D eigenvalue weighted by Crippen LogP contribution is 2.46. The van der Waals surface area contributed by atoms with Crippen molar-refractivity contribution in [3.05, 3.63) is 59.7 Å². The van der Waals surface area contributed by atoms with Gasteiger partial charge in [0.1, 0.15) is 5.75 Å². The van der Waals surface area contributed by atoms with Crippen molar-refractivity contribution in [3.8, 4) is 5.75 Å². The molecule has 2 aromatic rings. The molecule has 2 N–H and O–H groups in total. The van der Waals surface area contributed by atoms with Crippen LogP contribution in [0.15, 0.2) is 48.5 Å². The molecule has 0 aromatic heterocycles. The molecule has 7 heteroatoms. The number of hydrogen-bond donors (Lipinski definition) is 2. The zero-order chi connectivity index (χ0) is 23.3. The van der Waals surface area contributed by atoms with Crippen molar-refractivity contribution in [2.75, 3.05) is 19.0 Å². The summed E-state index contributed by atoms with van der Waals surface area (Å²) < 4.78 is 26.2. The summed E-state index contributed by atoms with van der Waals surface area (Å²) >= 11 is 0. The molecule has 0 spiro atoms. The van der Waals surface area contributed by atoms with E-state index in [0.717, 1.165) is 24.1 Å². The molecule has 1 amide bonds. The van der Waals surface area contributed by atoms with Crippen molar-refractivity contribution >= 4 is 20.0 Å². The van der Waals surface area contributed by atoms with Crippen LogP contribution in [-0.2, 0) is 11.2 Å². The first-order valence-corrected chi connectivity index (χ1v) is 14.2. The standard InChI is InChI=1S/C25H34FNO4Si/c1-17-22(31-23(15-16-28)24(17)32(3,4)26)14-7-18-5-10-20(11-6-18)27-25(29)19-8-12-21(30-2)13-9-19/h5-6,8-13,17,22-24,28H,7,14-16H2,1-4H3,(H,27,29)/t17-,22+,23-,24+/m1/s1. The second kappa shape index (κ2) is 10.6. The molecule has 0 radical (unpaired) electrons. The second-order valence-corrected chi connectivity index (χ2v) is 12.9. The minimum Gasteiger partial charge on any atom is -0.497 e. The van der Waals surface area contributed by atoms with Crippen molar-refractivity contribution in [3.63, 3.8) is 0 Å². The van der Waals surface area contributed by atoms with E-state index in [1.165, 1.54) is 0 Å². The number of rotatable bonds is 9. The molecule has 1 aliphatic heterocycles. The molecule has 1 saturated heterocycles. The number of aliphatic hydroxyl groups excluding tert-OH is 1. The van der Waals surface area contributed by atoms with Gasteiger partial charge in [-0.2, -0.15) is 0 Å². The van der Waals surface area contributed by atoms with E-state index in [9.17, 15) is 14.0 Å². The summed E-state index contributed by atoms with van der Waals surface area (Å²) in [5.41, 5.74) is 2.35. The Labute approximate surface area is 191 Å². The molecular formula is C25H34FNO4Si. The van der Waals surface area contributed by atoms with Crippen LogP contribution in [-0.4, -0.2) is 45.3 Å². The van der Waals surface area contributed by atoms with E-state index in [1.807, 2.05) is 24.3 Å². The van der Waals surface area contributed by atoms with Crippen LogP contribution in [0.25, 0.3) is 0 Å². The van der Waals surface area contributed by atoms with Crippen LogP contribution in [0.1, 0.15) is 35.7 Å². The van der Waals surface area contributed by atoms with Crippen LogP contribution in [0.4, 0.5) is 9.80 Å². The lowest BCUT2D eigenvalue weighted by atomic mass is 9.95. The Hall–Kier alpha value is -2.22. The average molecular weight is 460 g/mol. The Bertz CT molecular complexity index is 882. The van der Waals surface area contributed by atoms with Gasteiger partial charge in [-0.05, 0) is 80.2 Å². The van der Waals surface area contributed by atoms with Gasteiger partial charge in [-0.15, -0.1) is 0 Å². The number of nitrogens with one attached hydrogen (secondary N) is 1. The van der Waals surface area contributed by atoms with Crippen molar-refractivity contribution in [2.45, 2.75) is 57.0 Å². The van der Waals surface area contributed by atoms with E-state index in [1.54, 1.807) is 44.5 Å². The highest BCUT2D eigenvalue weighted by Gasteiger charge is 2.50. The van der Waals surface area contributed by atoms with Crippen molar-refractivity contribution in [1.82, 2.24) is 0 Å². The minimum absolute atomic E-state index is 0.00599. The lowest BCUT2D eigenvalue weighted by Crippen LogP contribution is -2.36. The van der Waals surface area contributed by atoms with Gasteiger partial charge in [0.05, 0.1) is 19.3 Å². The maximum atomic E-state index is 14.9. The largest absolute Gasteiger partial charge is 0.497 e. The summed E-state index contributed by atoms with van der Waals surface area (Å²) in [4.78, 5) is 12.4. The number of aryl methyl sites for hydroxylation is 1. The molecule has 0 saturated carbocycles. The molecule has 4 atom stereocenters. The number of amides is 1. The quantitative estimate of drug-likeness (QED) is 0.399. The molecule has 1 heterocycles. The summed E-state index contributed by atoms with van der Waals surface area (Å²) in [6.07, 6.45) is 1.92. The Morgan fingerprint density at radius 2 is 1.75 bits per heavy atom. The first kappa shape index (κ1) is 24.4. The fourth-order valence-corrected chi connectivity index (χ4v) is 7.38. The number of ether oxygens (including phenoxy) is 2. The van der Waals surface area contributed by atoms with Gasteiger partial charge < -0.3 is 24.0 Å². The van der Waals surface area contributed by atoms with Crippen LogP contribution in [0.2, 0.25) is 18.6 Å². The number of carbonyl (C=O) groups is 1. The summed E-state index contributed by atoms with van der Waals surface area (Å²) in [6.45, 7) is 5.58. The van der Waals surface area contributed by atoms with Gasteiger partial charge in [-0.1, -0.05) is 19.1 Å². The Kier molecular flexibility index (Phi) is 8.09. The zero-order valence-electron chi connectivity index (χ0n) is 19.3. The number of aliphatic hydroxyl groups is 1. The zero-order valence-corrected chi connectivity index (χ0v) is 20.3. The SMILES string of the molecule is COc1ccc(C(=O)Nc2ccc(CC[C@@H]3O[C@H](CCO)[C@@H]([Si](C)(C)F)[C@@H]3C)cc2)cc1. The molecule has 3 rings (SSSR count). The molecule has 1 fully saturated rings. The molecule has 5 nitrogen and oxygen atoms in total. The number of methoxy groups -OCH3 is 1. The first-order valence-electron chi connectivity index (χ1n) is 11.2. The molecule has 0 bridgehead atoms. The molecule has 0 unspecified atom stereocenters. The Balaban J connectivity index is 1.56. The summed E-state index contributed by atoms with van der Waals surface area (Å²) in [5, 5.41) is 12.3. The van der Waals surface area contributed by atoms with E-state index in [4.69, 9.17) is 9.47 Å². The number of halogens is 1. The van der Waals surface area contributed by atoms with Crippen LogP contribution in [0.3, 0.4) is 0 Å². The predicted octanol–water partition coefficient (Wildman–Crippen LogP) is 5.21. The Morgan fingerprint density at radius 3 is 2.31 bits per heavy atom. The number of benzene rings is 2. The van der Waals surface area contributed by atoms with Crippen LogP contribution in [0, 0.1) is 5.92 Å². The topological polar surface area (TPSA) is 67.8 Å². The van der Waals surface area contributed by atoms with E-state index >= 15 is 0 Å². The highest BCUT2D eigenvalue weighted by atomic mass is 28.4. The van der Waals surface area contributed by atoms with Gasteiger partial charge in [0.15, 0.2) is 0 Å². The summed E-state index contributed by atoms with van der Waals surface area (Å²) in [6, 6.07) is 14.8. The average Bonchev–Trinajstić information content (AvgIpc) is 3.08. The van der Waals surface area contributed by atoms with E-state index in [0.29, 0.717) is 17.7 Å². The number of carbonyl (C=O) groups excluding carboxylic acids is 1. The third-order valence-corrected chi connectivity index (χ3v) is 8.87. The van der Waals surface area contributed by atoms with Crippen molar-refractivity contribution < 1.29 is 23.5 Å². The van der Waals surface area contributed by atoms with Gasteiger partial charge in [-0.3, -0.25) is 4.79 Å². The number of anilines is 1. The van der Waals surface area contributed by atoms with Gasteiger partial charge in [0.2, 0.25) is 8.41 Å². The van der Waals surface area contributed by atoms with Crippen molar-refractivity contribution in [2.24, 2.45) is 5.92 Å². The normalized spacial score (nSPS) is 23.2. The maximum Gasteiger partial charge on any atom is 0.255 e. The molecule has 0 aliphatic carbocycles. The van der Waals surface area contributed by atoms with E-state index in [-0.39, 0.29) is 36.2 Å². The fraction of sp³-hybridized carbons (Fsp3) is 0.480. The van der Waals surface area contributed by atoms with Crippen LogP contribution in [0.5, 0.6) is 5.75 Å². The Morgan fingerprint density at radius 1 is 1.09 bits per heavy atom. The summed E-state index contributed by atoms with van der Waals surface area (Å²) in [5.74, 6) is 0.673. The van der Waals surface area contributed by atoms with Gasteiger partial charge >= 0.3 is 0 Å². The van der Waals surface area contributed by atoms with Crippen LogP contribution < -0.4 is 10.1 Å².